The van der Waals surface area contributed by atoms with Crippen LogP contribution in [0.15, 0.2) is 23.6 Å². The second kappa shape index (κ2) is 7.52. The van der Waals surface area contributed by atoms with Gasteiger partial charge in [-0.2, -0.15) is 0 Å². The lowest BCUT2D eigenvalue weighted by Gasteiger charge is -2.14. The van der Waals surface area contributed by atoms with Crippen molar-refractivity contribution in [3.63, 3.8) is 0 Å². The molecule has 3 nitrogen and oxygen atoms in total. The van der Waals surface area contributed by atoms with Crippen molar-refractivity contribution in [2.75, 3.05) is 6.54 Å². The van der Waals surface area contributed by atoms with Crippen LogP contribution in [0.2, 0.25) is 0 Å². The first kappa shape index (κ1) is 15.9. The number of hydrogen-bond donors (Lipinski definition) is 1. The van der Waals surface area contributed by atoms with Gasteiger partial charge in [0, 0.05) is 23.1 Å². The Bertz CT molecular complexity index is 585. The van der Waals surface area contributed by atoms with E-state index in [9.17, 15) is 4.39 Å². The van der Waals surface area contributed by atoms with E-state index in [1.54, 1.807) is 23.5 Å². The molecule has 1 N–H and O–H groups in total. The first-order valence-corrected chi connectivity index (χ1v) is 8.10. The highest BCUT2D eigenvalue weighted by atomic mass is 32.1. The van der Waals surface area contributed by atoms with Gasteiger partial charge in [0.25, 0.3) is 0 Å². The number of hydrogen-bond acceptors (Lipinski definition) is 4. The van der Waals surface area contributed by atoms with Crippen molar-refractivity contribution in [2.45, 2.75) is 39.8 Å². The van der Waals surface area contributed by atoms with Crippen LogP contribution in [0.25, 0.3) is 0 Å². The number of nitrogens with one attached hydrogen (secondary N) is 1. The number of aromatic nitrogens is 1. The Hall–Kier alpha value is -1.46. The van der Waals surface area contributed by atoms with E-state index in [2.05, 4.69) is 17.2 Å². The van der Waals surface area contributed by atoms with E-state index in [0.29, 0.717) is 17.9 Å². The topological polar surface area (TPSA) is 34.1 Å². The summed E-state index contributed by atoms with van der Waals surface area (Å²) in [6.07, 6.45) is 0.927. The minimum atomic E-state index is -0.242. The van der Waals surface area contributed by atoms with Gasteiger partial charge in [0.2, 0.25) is 0 Å². The molecule has 0 bridgehead atoms. The average molecular weight is 308 g/mol. The van der Waals surface area contributed by atoms with Crippen LogP contribution in [0, 0.1) is 5.82 Å². The summed E-state index contributed by atoms with van der Waals surface area (Å²) in [5.41, 5.74) is 1.55. The van der Waals surface area contributed by atoms with Gasteiger partial charge in [0.05, 0.1) is 10.7 Å². The van der Waals surface area contributed by atoms with Crippen molar-refractivity contribution >= 4 is 11.3 Å². The lowest BCUT2D eigenvalue weighted by atomic mass is 10.1. The SMILES string of the molecule is CCNC(C)c1ccc(OCc2csc(CC)n2)cc1F. The van der Waals surface area contributed by atoms with E-state index in [1.807, 2.05) is 19.2 Å². The van der Waals surface area contributed by atoms with E-state index in [1.165, 1.54) is 6.07 Å². The highest BCUT2D eigenvalue weighted by Gasteiger charge is 2.11. The molecule has 0 aliphatic heterocycles. The summed E-state index contributed by atoms with van der Waals surface area (Å²) in [4.78, 5) is 4.43. The van der Waals surface area contributed by atoms with Crippen molar-refractivity contribution in [2.24, 2.45) is 0 Å². The van der Waals surface area contributed by atoms with Gasteiger partial charge >= 0.3 is 0 Å². The predicted molar refractivity (Wildman–Crippen MR) is 84.3 cm³/mol. The molecule has 2 aromatic rings. The van der Waals surface area contributed by atoms with Gasteiger partial charge in [-0.3, -0.25) is 0 Å². The van der Waals surface area contributed by atoms with Crippen LogP contribution in [0.4, 0.5) is 4.39 Å². The molecular formula is C16H21FN2OS. The first-order chi connectivity index (χ1) is 10.1. The fraction of sp³-hybridized carbons (Fsp3) is 0.438. The highest BCUT2D eigenvalue weighted by molar-refractivity contribution is 7.09. The van der Waals surface area contributed by atoms with E-state index < -0.39 is 0 Å². The third-order valence-corrected chi connectivity index (χ3v) is 4.28. The Morgan fingerprint density at radius 1 is 1.38 bits per heavy atom. The fourth-order valence-electron chi connectivity index (χ4n) is 2.10. The normalized spacial score (nSPS) is 12.4. The van der Waals surface area contributed by atoms with Crippen molar-refractivity contribution in [1.82, 2.24) is 10.3 Å². The Labute approximate surface area is 129 Å². The molecule has 0 amide bonds. The largest absolute Gasteiger partial charge is 0.487 e. The third-order valence-electron chi connectivity index (χ3n) is 3.24. The number of thiazole rings is 1. The summed E-state index contributed by atoms with van der Waals surface area (Å²) in [5, 5.41) is 6.27. The van der Waals surface area contributed by atoms with Crippen LogP contribution in [0.3, 0.4) is 0 Å². The van der Waals surface area contributed by atoms with Gasteiger partial charge in [-0.15, -0.1) is 11.3 Å². The molecule has 5 heteroatoms. The minimum Gasteiger partial charge on any atom is -0.487 e. The predicted octanol–water partition coefficient (Wildman–Crippen LogP) is 4.09. The Morgan fingerprint density at radius 2 is 2.19 bits per heavy atom. The van der Waals surface area contributed by atoms with Crippen molar-refractivity contribution in [3.05, 3.63) is 45.7 Å². The minimum absolute atomic E-state index is 0.00490. The van der Waals surface area contributed by atoms with E-state index >= 15 is 0 Å². The number of nitrogens with zero attached hydrogens (tertiary/aromatic N) is 1. The van der Waals surface area contributed by atoms with Gasteiger partial charge < -0.3 is 10.1 Å². The molecule has 0 aliphatic rings. The maximum atomic E-state index is 14.1. The molecule has 1 aromatic carbocycles. The van der Waals surface area contributed by atoms with Gasteiger partial charge in [0.15, 0.2) is 0 Å². The Balaban J connectivity index is 1.99. The fourth-order valence-corrected chi connectivity index (χ4v) is 2.83. The van der Waals surface area contributed by atoms with Crippen molar-refractivity contribution in [1.29, 1.82) is 0 Å². The summed E-state index contributed by atoms with van der Waals surface area (Å²) in [6, 6.07) is 5.02. The lowest BCUT2D eigenvalue weighted by molar-refractivity contribution is 0.300. The van der Waals surface area contributed by atoms with E-state index in [4.69, 9.17) is 4.74 Å². The summed E-state index contributed by atoms with van der Waals surface area (Å²) >= 11 is 1.63. The van der Waals surface area contributed by atoms with Gasteiger partial charge in [-0.1, -0.05) is 19.9 Å². The molecule has 0 aliphatic carbocycles. The van der Waals surface area contributed by atoms with Crippen LogP contribution in [-0.4, -0.2) is 11.5 Å². The summed E-state index contributed by atoms with van der Waals surface area (Å²) in [7, 11) is 0. The van der Waals surface area contributed by atoms with Crippen molar-refractivity contribution in [3.8, 4) is 5.75 Å². The molecule has 1 heterocycles. The number of rotatable bonds is 7. The molecule has 21 heavy (non-hydrogen) atoms. The van der Waals surface area contributed by atoms with Crippen molar-refractivity contribution < 1.29 is 9.13 Å². The molecule has 0 radical (unpaired) electrons. The van der Waals surface area contributed by atoms with Crippen LogP contribution in [0.1, 0.15) is 43.1 Å². The van der Waals surface area contributed by atoms with Crippen LogP contribution >= 0.6 is 11.3 Å². The summed E-state index contributed by atoms with van der Waals surface area (Å²) in [5.74, 6) is 0.291. The van der Waals surface area contributed by atoms with Gasteiger partial charge in [0.1, 0.15) is 18.2 Å². The molecule has 2 rings (SSSR count). The molecular weight excluding hydrogens is 287 g/mol. The van der Waals surface area contributed by atoms with Crippen LogP contribution in [0.5, 0.6) is 5.75 Å². The maximum Gasteiger partial charge on any atom is 0.131 e. The summed E-state index contributed by atoms with van der Waals surface area (Å²) < 4.78 is 19.7. The number of benzene rings is 1. The molecule has 1 unspecified atom stereocenters. The zero-order chi connectivity index (χ0) is 15.2. The Kier molecular flexibility index (Phi) is 5.70. The third kappa shape index (κ3) is 4.25. The number of aryl methyl sites for hydroxylation is 1. The monoisotopic (exact) mass is 308 g/mol. The molecule has 0 spiro atoms. The zero-order valence-electron chi connectivity index (χ0n) is 12.6. The number of halogens is 1. The Morgan fingerprint density at radius 3 is 2.81 bits per heavy atom. The van der Waals surface area contributed by atoms with Crippen LogP contribution < -0.4 is 10.1 Å². The highest BCUT2D eigenvalue weighted by Crippen LogP contribution is 2.22. The standard InChI is InChI=1S/C16H21FN2OS/c1-4-16-19-12(10-21-16)9-20-13-6-7-14(15(17)8-13)11(3)18-5-2/h6-8,10-11,18H,4-5,9H2,1-3H3. The van der Waals surface area contributed by atoms with E-state index in [0.717, 1.165) is 23.7 Å². The second-order valence-corrected chi connectivity index (χ2v) is 5.78. The van der Waals surface area contributed by atoms with Gasteiger partial charge in [-0.25, -0.2) is 9.37 Å². The molecule has 0 fully saturated rings. The van der Waals surface area contributed by atoms with Crippen LogP contribution in [-0.2, 0) is 13.0 Å². The molecule has 0 saturated carbocycles. The molecule has 0 saturated heterocycles. The van der Waals surface area contributed by atoms with Gasteiger partial charge in [-0.05, 0) is 26.0 Å². The quantitative estimate of drug-likeness (QED) is 0.836. The summed E-state index contributed by atoms with van der Waals surface area (Å²) in [6.45, 7) is 7.21. The lowest BCUT2D eigenvalue weighted by Crippen LogP contribution is -2.18. The maximum absolute atomic E-state index is 14.1. The smallest absolute Gasteiger partial charge is 0.131 e. The second-order valence-electron chi connectivity index (χ2n) is 4.84. The first-order valence-electron chi connectivity index (χ1n) is 7.23. The molecule has 1 atom stereocenters. The zero-order valence-corrected chi connectivity index (χ0v) is 13.5. The average Bonchev–Trinajstić information content (AvgIpc) is 2.93. The molecule has 114 valence electrons. The number of ether oxygens (including phenoxy) is 1. The van der Waals surface area contributed by atoms with E-state index in [-0.39, 0.29) is 11.9 Å². The molecule has 1 aromatic heterocycles.